The summed E-state index contributed by atoms with van der Waals surface area (Å²) < 4.78 is 24.1. The molecule has 4 rings (SSSR count). The molecule has 3 aromatic rings. The molecule has 0 saturated heterocycles. The van der Waals surface area contributed by atoms with Gasteiger partial charge in [-0.2, -0.15) is 0 Å². The predicted octanol–water partition coefficient (Wildman–Crippen LogP) is 5.56. The molecule has 0 heterocycles. The van der Waals surface area contributed by atoms with Crippen molar-refractivity contribution in [3.05, 3.63) is 90.3 Å². The maximum atomic E-state index is 13.5. The quantitative estimate of drug-likeness (QED) is 0.236. The van der Waals surface area contributed by atoms with Crippen LogP contribution in [0.25, 0.3) is 22.3 Å². The Hall–Kier alpha value is -3.40. The summed E-state index contributed by atoms with van der Waals surface area (Å²) in [6.45, 7) is 4.13. The molecule has 3 aromatic carbocycles. The van der Waals surface area contributed by atoms with E-state index in [1.54, 1.807) is 6.07 Å². The molecule has 0 radical (unpaired) electrons. The summed E-state index contributed by atoms with van der Waals surface area (Å²) in [5.41, 5.74) is 6.79. The average molecular weight is 388 g/mol. The van der Waals surface area contributed by atoms with E-state index in [2.05, 4.69) is 24.8 Å². The van der Waals surface area contributed by atoms with E-state index < -0.39 is 5.97 Å². The molecule has 0 spiro atoms. The number of carbonyl (C=O) groups is 1. The zero-order valence-electron chi connectivity index (χ0n) is 16.0. The van der Waals surface area contributed by atoms with Crippen molar-refractivity contribution in [1.29, 1.82) is 0 Å². The molecule has 0 unspecified atom stereocenters. The van der Waals surface area contributed by atoms with E-state index in [9.17, 15) is 9.18 Å². The molecule has 0 aromatic heterocycles. The van der Waals surface area contributed by atoms with Gasteiger partial charge < -0.3 is 9.47 Å². The SMILES string of the molecule is C=CC(=O)OCCCOc1ccc(-c2ccc3c(c2)Cc2cc(F)ccc2-3)cc1. The summed E-state index contributed by atoms with van der Waals surface area (Å²) in [5, 5.41) is 0. The fourth-order valence-electron chi connectivity index (χ4n) is 3.58. The molecule has 1 aliphatic carbocycles. The molecule has 0 amide bonds. The molecule has 146 valence electrons. The Morgan fingerprint density at radius 1 is 0.931 bits per heavy atom. The summed E-state index contributed by atoms with van der Waals surface area (Å²) >= 11 is 0. The normalized spacial score (nSPS) is 11.5. The molecule has 0 fully saturated rings. The van der Waals surface area contributed by atoms with Gasteiger partial charge in [0, 0.05) is 12.5 Å². The molecule has 0 saturated carbocycles. The lowest BCUT2D eigenvalue weighted by Crippen LogP contribution is -2.06. The Labute approximate surface area is 169 Å². The summed E-state index contributed by atoms with van der Waals surface area (Å²) in [6.07, 6.45) is 2.52. The van der Waals surface area contributed by atoms with Crippen LogP contribution < -0.4 is 4.74 Å². The first kappa shape index (κ1) is 18.9. The fourth-order valence-corrected chi connectivity index (χ4v) is 3.58. The third-order valence-electron chi connectivity index (χ3n) is 5.00. The number of ether oxygens (including phenoxy) is 2. The Morgan fingerprint density at radius 3 is 2.38 bits per heavy atom. The summed E-state index contributed by atoms with van der Waals surface area (Å²) in [4.78, 5) is 11.0. The highest BCUT2D eigenvalue weighted by molar-refractivity contribution is 5.81. The third kappa shape index (κ3) is 4.21. The lowest BCUT2D eigenvalue weighted by atomic mass is 9.99. The Bertz CT molecular complexity index is 1050. The van der Waals surface area contributed by atoms with Crippen LogP contribution in [0.5, 0.6) is 5.75 Å². The number of esters is 1. The van der Waals surface area contributed by atoms with E-state index in [1.165, 1.54) is 17.2 Å². The highest BCUT2D eigenvalue weighted by atomic mass is 19.1. The van der Waals surface area contributed by atoms with Crippen molar-refractivity contribution >= 4 is 5.97 Å². The van der Waals surface area contributed by atoms with Gasteiger partial charge in [0.05, 0.1) is 13.2 Å². The number of fused-ring (bicyclic) bond motifs is 3. The predicted molar refractivity (Wildman–Crippen MR) is 111 cm³/mol. The van der Waals surface area contributed by atoms with Crippen LogP contribution in [0.4, 0.5) is 4.39 Å². The van der Waals surface area contributed by atoms with Gasteiger partial charge in [0.1, 0.15) is 11.6 Å². The molecule has 0 bridgehead atoms. The molecule has 1 aliphatic rings. The van der Waals surface area contributed by atoms with E-state index in [4.69, 9.17) is 9.47 Å². The average Bonchev–Trinajstić information content (AvgIpc) is 3.10. The van der Waals surface area contributed by atoms with Crippen LogP contribution in [0, 0.1) is 5.82 Å². The van der Waals surface area contributed by atoms with Crippen molar-refractivity contribution in [3.63, 3.8) is 0 Å². The molecule has 3 nitrogen and oxygen atoms in total. The Kier molecular flexibility index (Phi) is 5.43. The van der Waals surface area contributed by atoms with E-state index in [-0.39, 0.29) is 5.82 Å². The van der Waals surface area contributed by atoms with Crippen LogP contribution >= 0.6 is 0 Å². The van der Waals surface area contributed by atoms with E-state index in [1.807, 2.05) is 30.3 Å². The van der Waals surface area contributed by atoms with Crippen LogP contribution in [-0.4, -0.2) is 19.2 Å². The Balaban J connectivity index is 1.39. The van der Waals surface area contributed by atoms with Crippen molar-refractivity contribution in [3.8, 4) is 28.0 Å². The highest BCUT2D eigenvalue weighted by Gasteiger charge is 2.19. The maximum Gasteiger partial charge on any atom is 0.330 e. The number of halogens is 1. The first-order valence-electron chi connectivity index (χ1n) is 9.58. The summed E-state index contributed by atoms with van der Waals surface area (Å²) in [7, 11) is 0. The zero-order chi connectivity index (χ0) is 20.2. The van der Waals surface area contributed by atoms with Crippen LogP contribution in [0.2, 0.25) is 0 Å². The minimum atomic E-state index is -0.420. The van der Waals surface area contributed by atoms with Gasteiger partial charge in [-0.15, -0.1) is 0 Å². The number of carbonyl (C=O) groups excluding carboxylic acids is 1. The van der Waals surface area contributed by atoms with Crippen LogP contribution in [-0.2, 0) is 16.0 Å². The van der Waals surface area contributed by atoms with Gasteiger partial charge in [0.25, 0.3) is 0 Å². The second-order valence-corrected chi connectivity index (χ2v) is 6.95. The fraction of sp³-hybridized carbons (Fsp3) is 0.160. The van der Waals surface area contributed by atoms with Crippen LogP contribution in [0.3, 0.4) is 0 Å². The molecule has 0 atom stereocenters. The maximum absolute atomic E-state index is 13.5. The zero-order valence-corrected chi connectivity index (χ0v) is 16.0. The number of rotatable bonds is 7. The van der Waals surface area contributed by atoms with Gasteiger partial charge in [-0.1, -0.05) is 43.0 Å². The Morgan fingerprint density at radius 2 is 1.62 bits per heavy atom. The monoisotopic (exact) mass is 388 g/mol. The molecule has 0 N–H and O–H groups in total. The van der Waals surface area contributed by atoms with E-state index in [0.717, 1.165) is 40.5 Å². The van der Waals surface area contributed by atoms with Crippen LogP contribution in [0.15, 0.2) is 73.3 Å². The van der Waals surface area contributed by atoms with E-state index in [0.29, 0.717) is 19.6 Å². The van der Waals surface area contributed by atoms with Crippen molar-refractivity contribution < 1.29 is 18.7 Å². The molecule has 29 heavy (non-hydrogen) atoms. The van der Waals surface area contributed by atoms with Gasteiger partial charge in [-0.3, -0.25) is 0 Å². The first-order valence-corrected chi connectivity index (χ1v) is 9.58. The second kappa shape index (κ2) is 8.31. The smallest absolute Gasteiger partial charge is 0.330 e. The molecule has 0 aliphatic heterocycles. The summed E-state index contributed by atoms with van der Waals surface area (Å²) in [6, 6.07) is 19.3. The number of benzene rings is 3. The standard InChI is InChI=1S/C25H21FO3/c1-2-25(27)29-13-3-12-28-22-8-4-17(5-9-22)18-6-10-23-19(14-18)15-20-16-21(26)7-11-24(20)23/h2,4-11,14,16H,1,3,12-13,15H2. The van der Waals surface area contributed by atoms with Crippen molar-refractivity contribution in [2.45, 2.75) is 12.8 Å². The first-order chi connectivity index (χ1) is 14.1. The highest BCUT2D eigenvalue weighted by Crippen LogP contribution is 2.39. The minimum Gasteiger partial charge on any atom is -0.493 e. The van der Waals surface area contributed by atoms with Gasteiger partial charge in [-0.25, -0.2) is 9.18 Å². The summed E-state index contributed by atoms with van der Waals surface area (Å²) in [5.74, 6) is 0.163. The second-order valence-electron chi connectivity index (χ2n) is 6.95. The third-order valence-corrected chi connectivity index (χ3v) is 5.00. The molecular weight excluding hydrogens is 367 g/mol. The minimum absolute atomic E-state index is 0.189. The molecular formula is C25H21FO3. The van der Waals surface area contributed by atoms with E-state index >= 15 is 0 Å². The van der Waals surface area contributed by atoms with Gasteiger partial charge in [0.15, 0.2) is 0 Å². The lowest BCUT2D eigenvalue weighted by Gasteiger charge is -2.09. The number of hydrogen-bond acceptors (Lipinski definition) is 3. The van der Waals surface area contributed by atoms with Gasteiger partial charge >= 0.3 is 5.97 Å². The lowest BCUT2D eigenvalue weighted by molar-refractivity contribution is -0.137. The van der Waals surface area contributed by atoms with Crippen molar-refractivity contribution in [2.24, 2.45) is 0 Å². The van der Waals surface area contributed by atoms with Crippen molar-refractivity contribution in [1.82, 2.24) is 0 Å². The van der Waals surface area contributed by atoms with Gasteiger partial charge in [-0.05, 0) is 64.1 Å². The topological polar surface area (TPSA) is 35.5 Å². The van der Waals surface area contributed by atoms with Crippen LogP contribution in [0.1, 0.15) is 17.5 Å². The molecule has 4 heteroatoms. The number of hydrogen-bond donors (Lipinski definition) is 0. The van der Waals surface area contributed by atoms with Gasteiger partial charge in [0.2, 0.25) is 0 Å². The largest absolute Gasteiger partial charge is 0.493 e. The van der Waals surface area contributed by atoms with Crippen molar-refractivity contribution in [2.75, 3.05) is 13.2 Å².